The van der Waals surface area contributed by atoms with E-state index in [1.807, 2.05) is 6.92 Å². The smallest absolute Gasteiger partial charge is 0.274 e. The Labute approximate surface area is 162 Å². The first-order chi connectivity index (χ1) is 12.9. The summed E-state index contributed by atoms with van der Waals surface area (Å²) < 4.78 is 31.9. The van der Waals surface area contributed by atoms with Crippen molar-refractivity contribution in [2.24, 2.45) is 0 Å². The van der Waals surface area contributed by atoms with Crippen molar-refractivity contribution in [2.75, 3.05) is 32.8 Å². The van der Waals surface area contributed by atoms with Crippen LogP contribution in [-0.4, -0.2) is 66.3 Å². The fraction of sp³-hybridized carbons (Fsp3) is 0.353. The lowest BCUT2D eigenvalue weighted by Crippen LogP contribution is -2.50. The molecule has 144 valence electrons. The van der Waals surface area contributed by atoms with Crippen LogP contribution < -0.4 is 4.74 Å². The van der Waals surface area contributed by atoms with Gasteiger partial charge < -0.3 is 9.64 Å². The summed E-state index contributed by atoms with van der Waals surface area (Å²) in [5.74, 6) is -0.0250. The summed E-state index contributed by atoms with van der Waals surface area (Å²) in [6.07, 6.45) is 2.83. The Kier molecular flexibility index (Phi) is 5.93. The van der Waals surface area contributed by atoms with E-state index in [9.17, 15) is 13.2 Å². The maximum absolute atomic E-state index is 12.7. The molecule has 2 aromatic heterocycles. The van der Waals surface area contributed by atoms with Crippen molar-refractivity contribution in [3.8, 4) is 5.88 Å². The molecule has 0 unspecified atom stereocenters. The highest BCUT2D eigenvalue weighted by atomic mass is 35.5. The summed E-state index contributed by atoms with van der Waals surface area (Å²) in [6.45, 7) is 3.11. The highest BCUT2D eigenvalue weighted by molar-refractivity contribution is 7.89. The number of amides is 1. The van der Waals surface area contributed by atoms with Crippen LogP contribution in [0.5, 0.6) is 5.88 Å². The Hall–Kier alpha value is -2.23. The number of hydrogen-bond donors (Lipinski definition) is 0. The average molecular weight is 411 g/mol. The Bertz CT molecular complexity index is 916. The van der Waals surface area contributed by atoms with E-state index in [-0.39, 0.29) is 47.7 Å². The number of carbonyl (C=O) groups is 1. The molecule has 0 aromatic carbocycles. The first kappa shape index (κ1) is 19.5. The molecule has 0 N–H and O–H groups in total. The van der Waals surface area contributed by atoms with E-state index in [0.717, 1.165) is 0 Å². The highest BCUT2D eigenvalue weighted by Gasteiger charge is 2.31. The third-order valence-electron chi connectivity index (χ3n) is 4.11. The molecule has 0 aliphatic carbocycles. The van der Waals surface area contributed by atoms with Crippen LogP contribution in [0.1, 0.15) is 17.4 Å². The maximum atomic E-state index is 12.7. The molecule has 3 heterocycles. The van der Waals surface area contributed by atoms with Crippen molar-refractivity contribution in [1.29, 1.82) is 0 Å². The van der Waals surface area contributed by atoms with Gasteiger partial charge in [0.25, 0.3) is 5.91 Å². The summed E-state index contributed by atoms with van der Waals surface area (Å²) in [6, 6.07) is 6.24. The molecule has 8 nitrogen and oxygen atoms in total. The summed E-state index contributed by atoms with van der Waals surface area (Å²) >= 11 is 6.11. The van der Waals surface area contributed by atoms with E-state index < -0.39 is 10.0 Å². The van der Waals surface area contributed by atoms with Crippen molar-refractivity contribution in [3.05, 3.63) is 47.4 Å². The molecule has 1 amide bonds. The van der Waals surface area contributed by atoms with Gasteiger partial charge in [0.15, 0.2) is 5.69 Å². The largest absolute Gasteiger partial charge is 0.478 e. The minimum atomic E-state index is -3.63. The number of piperazine rings is 1. The predicted octanol–water partition coefficient (Wildman–Crippen LogP) is 1.68. The Morgan fingerprint density at radius 2 is 1.96 bits per heavy atom. The fourth-order valence-corrected chi connectivity index (χ4v) is 4.31. The molecular formula is C17H19ClN4O4S. The second-order valence-corrected chi connectivity index (χ2v) is 8.14. The normalized spacial score (nSPS) is 15.6. The van der Waals surface area contributed by atoms with Gasteiger partial charge in [0.05, 0.1) is 11.6 Å². The number of hydrogen-bond acceptors (Lipinski definition) is 6. The Balaban J connectivity index is 1.71. The zero-order valence-electron chi connectivity index (χ0n) is 14.7. The van der Waals surface area contributed by atoms with E-state index in [2.05, 4.69) is 9.97 Å². The molecule has 0 bridgehead atoms. The first-order valence-corrected chi connectivity index (χ1v) is 10.2. The van der Waals surface area contributed by atoms with Gasteiger partial charge in [0, 0.05) is 44.6 Å². The van der Waals surface area contributed by atoms with Gasteiger partial charge in [-0.25, -0.2) is 13.4 Å². The number of pyridine rings is 2. The van der Waals surface area contributed by atoms with Crippen molar-refractivity contribution in [2.45, 2.75) is 11.8 Å². The molecule has 2 aromatic rings. The van der Waals surface area contributed by atoms with Crippen LogP contribution >= 0.6 is 11.6 Å². The number of halogens is 1. The summed E-state index contributed by atoms with van der Waals surface area (Å²) in [7, 11) is -3.63. The molecule has 0 spiro atoms. The summed E-state index contributed by atoms with van der Waals surface area (Å²) in [5, 5.41) is 0.230. The topological polar surface area (TPSA) is 92.7 Å². The van der Waals surface area contributed by atoms with Gasteiger partial charge in [-0.2, -0.15) is 4.31 Å². The second-order valence-electron chi connectivity index (χ2n) is 5.80. The van der Waals surface area contributed by atoms with Crippen molar-refractivity contribution >= 4 is 27.5 Å². The quantitative estimate of drug-likeness (QED) is 0.744. The number of aromatic nitrogens is 2. The maximum Gasteiger partial charge on any atom is 0.274 e. The summed E-state index contributed by atoms with van der Waals surface area (Å²) in [5.41, 5.74) is 0.103. The third-order valence-corrected chi connectivity index (χ3v) is 6.30. The van der Waals surface area contributed by atoms with Crippen LogP contribution in [0.25, 0.3) is 0 Å². The molecule has 3 rings (SSSR count). The molecule has 0 atom stereocenters. The zero-order chi connectivity index (χ0) is 19.4. The van der Waals surface area contributed by atoms with Gasteiger partial charge >= 0.3 is 0 Å². The van der Waals surface area contributed by atoms with Gasteiger partial charge in [0.2, 0.25) is 15.9 Å². The van der Waals surface area contributed by atoms with Crippen LogP contribution in [0, 0.1) is 0 Å². The number of ether oxygens (including phenoxy) is 1. The van der Waals surface area contributed by atoms with Gasteiger partial charge in [-0.1, -0.05) is 11.6 Å². The average Bonchev–Trinajstić information content (AvgIpc) is 2.70. The van der Waals surface area contributed by atoms with E-state index in [0.29, 0.717) is 12.5 Å². The van der Waals surface area contributed by atoms with E-state index in [1.165, 1.54) is 22.8 Å². The molecular weight excluding hydrogens is 392 g/mol. The molecule has 10 heteroatoms. The van der Waals surface area contributed by atoms with Crippen LogP contribution in [0.2, 0.25) is 5.02 Å². The molecule has 0 radical (unpaired) electrons. The van der Waals surface area contributed by atoms with Gasteiger partial charge in [-0.3, -0.25) is 9.78 Å². The summed E-state index contributed by atoms with van der Waals surface area (Å²) in [4.78, 5) is 22.5. The Morgan fingerprint density at radius 1 is 1.22 bits per heavy atom. The zero-order valence-corrected chi connectivity index (χ0v) is 16.3. The van der Waals surface area contributed by atoms with E-state index >= 15 is 0 Å². The minimum Gasteiger partial charge on any atom is -0.478 e. The number of carbonyl (C=O) groups excluding carboxylic acids is 1. The molecule has 1 aliphatic rings. The second kappa shape index (κ2) is 8.20. The van der Waals surface area contributed by atoms with Crippen LogP contribution in [-0.2, 0) is 10.0 Å². The molecule has 1 saturated heterocycles. The van der Waals surface area contributed by atoms with Crippen LogP contribution in [0.3, 0.4) is 0 Å². The van der Waals surface area contributed by atoms with Gasteiger partial charge in [0.1, 0.15) is 4.90 Å². The van der Waals surface area contributed by atoms with E-state index in [1.54, 1.807) is 23.1 Å². The number of nitrogens with zero attached hydrogens (tertiary/aromatic N) is 4. The standard InChI is InChI=1S/C17H19ClN4O4S/c1-2-26-15-6-5-14(18)16(20-15)17(23)21-8-10-22(11-9-21)27(24,25)13-4-3-7-19-12-13/h3-7,12H,2,8-11H2,1H3. The Morgan fingerprint density at radius 3 is 2.59 bits per heavy atom. The van der Waals surface area contributed by atoms with Crippen LogP contribution in [0.4, 0.5) is 0 Å². The highest BCUT2D eigenvalue weighted by Crippen LogP contribution is 2.22. The number of rotatable bonds is 5. The van der Waals surface area contributed by atoms with Crippen LogP contribution in [0.15, 0.2) is 41.6 Å². The molecule has 1 fully saturated rings. The molecule has 1 aliphatic heterocycles. The predicted molar refractivity (Wildman–Crippen MR) is 99.3 cm³/mol. The fourth-order valence-electron chi connectivity index (χ4n) is 2.73. The lowest BCUT2D eigenvalue weighted by atomic mass is 10.2. The van der Waals surface area contributed by atoms with Gasteiger partial charge in [-0.15, -0.1) is 0 Å². The SMILES string of the molecule is CCOc1ccc(Cl)c(C(=O)N2CCN(S(=O)(=O)c3cccnc3)CC2)n1. The minimum absolute atomic E-state index is 0.103. The number of sulfonamides is 1. The monoisotopic (exact) mass is 410 g/mol. The lowest BCUT2D eigenvalue weighted by molar-refractivity contribution is 0.0691. The van der Waals surface area contributed by atoms with Crippen molar-refractivity contribution in [3.63, 3.8) is 0 Å². The third kappa shape index (κ3) is 4.20. The van der Waals surface area contributed by atoms with Crippen molar-refractivity contribution in [1.82, 2.24) is 19.2 Å². The lowest BCUT2D eigenvalue weighted by Gasteiger charge is -2.33. The molecule has 27 heavy (non-hydrogen) atoms. The van der Waals surface area contributed by atoms with Gasteiger partial charge in [-0.05, 0) is 25.1 Å². The van der Waals surface area contributed by atoms with Crippen molar-refractivity contribution < 1.29 is 17.9 Å². The molecule has 0 saturated carbocycles. The first-order valence-electron chi connectivity index (χ1n) is 8.42. The van der Waals surface area contributed by atoms with E-state index in [4.69, 9.17) is 16.3 Å².